The summed E-state index contributed by atoms with van der Waals surface area (Å²) in [6, 6.07) is 1.04. The second-order valence-corrected chi connectivity index (χ2v) is 3.56. The van der Waals surface area contributed by atoms with E-state index >= 15 is 0 Å². The van der Waals surface area contributed by atoms with E-state index in [1.54, 1.807) is 0 Å². The van der Waals surface area contributed by atoms with Crippen molar-refractivity contribution in [1.29, 1.82) is 0 Å². The number of hydrogen-bond acceptors (Lipinski definition) is 2. The van der Waals surface area contributed by atoms with E-state index in [-0.39, 0.29) is 18.5 Å². The molecule has 0 saturated heterocycles. The molecule has 0 aliphatic heterocycles. The molecule has 0 amide bonds. The quantitative estimate of drug-likeness (QED) is 0.851. The lowest BCUT2D eigenvalue weighted by atomic mass is 10.1. The van der Waals surface area contributed by atoms with Crippen LogP contribution in [-0.4, -0.2) is 13.7 Å². The Labute approximate surface area is 89.2 Å². The van der Waals surface area contributed by atoms with E-state index in [0.29, 0.717) is 10.2 Å². The third-order valence-corrected chi connectivity index (χ3v) is 2.41. The van der Waals surface area contributed by atoms with Crippen LogP contribution >= 0.6 is 15.9 Å². The van der Waals surface area contributed by atoms with Gasteiger partial charge in [-0.25, -0.2) is 8.78 Å². The van der Waals surface area contributed by atoms with Crippen LogP contribution in [0.25, 0.3) is 0 Å². The number of hydrogen-bond donors (Lipinski definition) is 1. The Morgan fingerprint density at radius 3 is 2.64 bits per heavy atom. The van der Waals surface area contributed by atoms with Gasteiger partial charge in [0.15, 0.2) is 11.6 Å². The summed E-state index contributed by atoms with van der Waals surface area (Å²) >= 11 is 3.09. The Morgan fingerprint density at radius 1 is 1.50 bits per heavy atom. The molecule has 5 heteroatoms. The van der Waals surface area contributed by atoms with Gasteiger partial charge in [-0.3, -0.25) is 0 Å². The van der Waals surface area contributed by atoms with Crippen LogP contribution in [0.15, 0.2) is 10.5 Å². The highest BCUT2D eigenvalue weighted by Crippen LogP contribution is 2.32. The smallest absolute Gasteiger partial charge is 0.165 e. The maximum absolute atomic E-state index is 13.3. The van der Waals surface area contributed by atoms with Gasteiger partial charge >= 0.3 is 0 Å². The number of methoxy groups -OCH3 is 1. The minimum atomic E-state index is -0.902. The molecular formula is C9H10BrF2NO. The number of halogens is 3. The van der Waals surface area contributed by atoms with Gasteiger partial charge in [-0.15, -0.1) is 0 Å². The zero-order valence-corrected chi connectivity index (χ0v) is 9.20. The summed E-state index contributed by atoms with van der Waals surface area (Å²) in [5.41, 5.74) is 5.46. The fourth-order valence-electron chi connectivity index (χ4n) is 1.22. The Kier molecular flexibility index (Phi) is 3.83. The number of ether oxygens (including phenoxy) is 1. The number of rotatable bonds is 3. The topological polar surface area (TPSA) is 35.2 Å². The highest BCUT2D eigenvalue weighted by molar-refractivity contribution is 9.10. The first-order valence-corrected chi connectivity index (χ1v) is 4.81. The Bertz CT molecular complexity index is 344. The molecule has 0 bridgehead atoms. The first-order chi connectivity index (χ1) is 6.61. The summed E-state index contributed by atoms with van der Waals surface area (Å²) in [5.74, 6) is -1.49. The average Bonchev–Trinajstić information content (AvgIpc) is 2.14. The predicted octanol–water partition coefficient (Wildman–Crippen LogP) is 2.24. The first kappa shape index (κ1) is 11.4. The molecule has 14 heavy (non-hydrogen) atoms. The number of benzene rings is 1. The molecule has 0 aliphatic carbocycles. The van der Waals surface area contributed by atoms with Gasteiger partial charge in [0.25, 0.3) is 0 Å². The van der Waals surface area contributed by atoms with Crippen molar-refractivity contribution in [2.75, 3.05) is 13.7 Å². The minimum absolute atomic E-state index is 0.168. The molecule has 0 fully saturated rings. The molecule has 0 saturated carbocycles. The van der Waals surface area contributed by atoms with Crippen LogP contribution in [0.1, 0.15) is 5.56 Å². The molecule has 2 N–H and O–H groups in total. The third kappa shape index (κ3) is 2.04. The van der Waals surface area contributed by atoms with Gasteiger partial charge in [0, 0.05) is 5.56 Å². The molecule has 2 nitrogen and oxygen atoms in total. The predicted molar refractivity (Wildman–Crippen MR) is 53.4 cm³/mol. The standard InChI is InChI=1S/C9H10BrF2NO/c1-14-9-5(2-3-13)8(12)7(11)4-6(9)10/h4H,2-3,13H2,1H3. The Hall–Kier alpha value is -0.680. The van der Waals surface area contributed by atoms with Gasteiger partial charge in [0.2, 0.25) is 0 Å². The van der Waals surface area contributed by atoms with Crippen LogP contribution in [-0.2, 0) is 6.42 Å². The molecule has 0 heterocycles. The van der Waals surface area contributed by atoms with E-state index in [0.717, 1.165) is 6.07 Å². The molecule has 0 aromatic heterocycles. The highest BCUT2D eigenvalue weighted by atomic mass is 79.9. The van der Waals surface area contributed by atoms with Crippen LogP contribution in [0.5, 0.6) is 5.75 Å². The van der Waals surface area contributed by atoms with E-state index in [4.69, 9.17) is 10.5 Å². The summed E-state index contributed by atoms with van der Waals surface area (Å²) in [4.78, 5) is 0. The lowest BCUT2D eigenvalue weighted by molar-refractivity contribution is 0.395. The number of nitrogens with two attached hydrogens (primary N) is 1. The van der Waals surface area contributed by atoms with Gasteiger partial charge in [-0.05, 0) is 35.0 Å². The van der Waals surface area contributed by atoms with Crippen LogP contribution in [0.4, 0.5) is 8.78 Å². The lowest BCUT2D eigenvalue weighted by Gasteiger charge is -2.11. The van der Waals surface area contributed by atoms with E-state index in [9.17, 15) is 8.78 Å². The van der Waals surface area contributed by atoms with Crippen molar-refractivity contribution in [3.05, 3.63) is 27.7 Å². The van der Waals surface area contributed by atoms with Crippen LogP contribution in [0.2, 0.25) is 0 Å². The summed E-state index contributed by atoms with van der Waals surface area (Å²) in [6.07, 6.45) is 0.241. The van der Waals surface area contributed by atoms with E-state index < -0.39 is 11.6 Å². The third-order valence-electron chi connectivity index (χ3n) is 1.82. The zero-order chi connectivity index (χ0) is 10.7. The minimum Gasteiger partial charge on any atom is -0.495 e. The molecule has 0 radical (unpaired) electrons. The summed E-state index contributed by atoms with van der Waals surface area (Å²) in [5, 5.41) is 0. The van der Waals surface area contributed by atoms with Crippen LogP contribution in [0.3, 0.4) is 0 Å². The van der Waals surface area contributed by atoms with Crippen molar-refractivity contribution in [3.63, 3.8) is 0 Å². The first-order valence-electron chi connectivity index (χ1n) is 4.02. The fourth-order valence-corrected chi connectivity index (χ4v) is 1.82. The summed E-state index contributed by atoms with van der Waals surface area (Å²) < 4.78 is 31.6. The van der Waals surface area contributed by atoms with E-state index in [2.05, 4.69) is 15.9 Å². The maximum atomic E-state index is 13.3. The molecule has 0 unspecified atom stereocenters. The van der Waals surface area contributed by atoms with Gasteiger partial charge in [-0.2, -0.15) is 0 Å². The molecule has 1 aromatic carbocycles. The van der Waals surface area contributed by atoms with Crippen LogP contribution in [0, 0.1) is 11.6 Å². The van der Waals surface area contributed by atoms with Crippen molar-refractivity contribution in [2.45, 2.75) is 6.42 Å². The molecule has 0 aliphatic rings. The van der Waals surface area contributed by atoms with Crippen molar-refractivity contribution in [2.24, 2.45) is 5.73 Å². The van der Waals surface area contributed by atoms with Crippen LogP contribution < -0.4 is 10.5 Å². The van der Waals surface area contributed by atoms with Crippen molar-refractivity contribution >= 4 is 15.9 Å². The highest BCUT2D eigenvalue weighted by Gasteiger charge is 2.17. The molecule has 1 aromatic rings. The molecular weight excluding hydrogens is 256 g/mol. The summed E-state index contributed by atoms with van der Waals surface area (Å²) in [7, 11) is 1.40. The van der Waals surface area contributed by atoms with Crippen molar-refractivity contribution < 1.29 is 13.5 Å². The summed E-state index contributed by atoms with van der Waals surface area (Å²) in [6.45, 7) is 0.239. The largest absolute Gasteiger partial charge is 0.495 e. The second kappa shape index (κ2) is 4.70. The zero-order valence-electron chi connectivity index (χ0n) is 7.61. The normalized spacial score (nSPS) is 10.4. The van der Waals surface area contributed by atoms with E-state index in [1.807, 2.05) is 0 Å². The molecule has 1 rings (SSSR count). The Morgan fingerprint density at radius 2 is 2.14 bits per heavy atom. The van der Waals surface area contributed by atoms with Gasteiger partial charge in [0.05, 0.1) is 11.6 Å². The second-order valence-electron chi connectivity index (χ2n) is 2.70. The molecule has 78 valence electrons. The monoisotopic (exact) mass is 265 g/mol. The van der Waals surface area contributed by atoms with Crippen molar-refractivity contribution in [1.82, 2.24) is 0 Å². The van der Waals surface area contributed by atoms with Gasteiger partial charge in [0.1, 0.15) is 5.75 Å². The average molecular weight is 266 g/mol. The van der Waals surface area contributed by atoms with Gasteiger partial charge in [-0.1, -0.05) is 0 Å². The molecule has 0 spiro atoms. The molecule has 0 atom stereocenters. The fraction of sp³-hybridized carbons (Fsp3) is 0.333. The van der Waals surface area contributed by atoms with E-state index in [1.165, 1.54) is 7.11 Å². The SMILES string of the molecule is COc1c(Br)cc(F)c(F)c1CCN. The maximum Gasteiger partial charge on any atom is 0.165 e. The van der Waals surface area contributed by atoms with Gasteiger partial charge < -0.3 is 10.5 Å². The Balaban J connectivity index is 3.32. The van der Waals surface area contributed by atoms with Crippen molar-refractivity contribution in [3.8, 4) is 5.75 Å². The lowest BCUT2D eigenvalue weighted by Crippen LogP contribution is -2.08.